The number of amides is 1. The summed E-state index contributed by atoms with van der Waals surface area (Å²) in [6.45, 7) is 3.43. The van der Waals surface area contributed by atoms with Gasteiger partial charge in [-0.05, 0) is 31.0 Å². The van der Waals surface area contributed by atoms with Crippen molar-refractivity contribution in [3.05, 3.63) is 35.6 Å². The Balaban J connectivity index is 2.24. The van der Waals surface area contributed by atoms with Gasteiger partial charge in [0.15, 0.2) is 0 Å². The van der Waals surface area contributed by atoms with Crippen LogP contribution in [0.25, 0.3) is 0 Å². The summed E-state index contributed by atoms with van der Waals surface area (Å²) in [5, 5.41) is 5.89. The van der Waals surface area contributed by atoms with Crippen LogP contribution in [0.4, 0.5) is 4.39 Å². The summed E-state index contributed by atoms with van der Waals surface area (Å²) in [6.07, 6.45) is 0.801. The maximum absolute atomic E-state index is 12.8. The highest BCUT2D eigenvalue weighted by atomic mass is 19.1. The van der Waals surface area contributed by atoms with Crippen molar-refractivity contribution in [2.24, 2.45) is 0 Å². The minimum absolute atomic E-state index is 0.00493. The molecule has 1 aromatic rings. The topological polar surface area (TPSA) is 50.4 Å². The van der Waals surface area contributed by atoms with Gasteiger partial charge in [-0.3, -0.25) is 4.79 Å². The molecule has 0 radical (unpaired) electrons. The van der Waals surface area contributed by atoms with E-state index in [0.717, 1.165) is 12.0 Å². The molecule has 0 aliphatic heterocycles. The minimum atomic E-state index is -0.258. The summed E-state index contributed by atoms with van der Waals surface area (Å²) in [4.78, 5) is 11.5. The number of carbonyl (C=O) groups excluding carboxylic acids is 1. The monoisotopic (exact) mass is 268 g/mol. The zero-order valence-corrected chi connectivity index (χ0v) is 11.4. The number of benzene rings is 1. The van der Waals surface area contributed by atoms with Crippen molar-refractivity contribution >= 4 is 5.91 Å². The third-order valence-electron chi connectivity index (χ3n) is 2.79. The van der Waals surface area contributed by atoms with Gasteiger partial charge in [-0.1, -0.05) is 12.1 Å². The number of carbonyl (C=O) groups is 1. The molecule has 106 valence electrons. The van der Waals surface area contributed by atoms with Crippen molar-refractivity contribution in [3.63, 3.8) is 0 Å². The van der Waals surface area contributed by atoms with Crippen molar-refractivity contribution in [2.45, 2.75) is 19.4 Å². The summed E-state index contributed by atoms with van der Waals surface area (Å²) >= 11 is 0. The molecule has 0 aliphatic rings. The first-order valence-corrected chi connectivity index (χ1v) is 6.38. The summed E-state index contributed by atoms with van der Waals surface area (Å²) in [5.74, 6) is -0.308. The molecule has 5 heteroatoms. The molecule has 19 heavy (non-hydrogen) atoms. The van der Waals surface area contributed by atoms with Crippen LogP contribution in [0.5, 0.6) is 0 Å². The van der Waals surface area contributed by atoms with Crippen LogP contribution in [-0.2, 0) is 9.53 Å². The molecule has 0 saturated carbocycles. The van der Waals surface area contributed by atoms with Crippen LogP contribution in [0.15, 0.2) is 24.3 Å². The quantitative estimate of drug-likeness (QED) is 0.705. The van der Waals surface area contributed by atoms with Gasteiger partial charge in [0.1, 0.15) is 5.82 Å². The van der Waals surface area contributed by atoms with Crippen molar-refractivity contribution < 1.29 is 13.9 Å². The first-order valence-electron chi connectivity index (χ1n) is 6.38. The van der Waals surface area contributed by atoms with Crippen LogP contribution in [0.1, 0.15) is 24.9 Å². The van der Waals surface area contributed by atoms with E-state index < -0.39 is 0 Å². The van der Waals surface area contributed by atoms with E-state index in [1.807, 2.05) is 6.92 Å². The largest absolute Gasteiger partial charge is 0.385 e. The number of nitrogens with one attached hydrogen (secondary N) is 2. The Hall–Kier alpha value is -1.46. The zero-order chi connectivity index (χ0) is 14.1. The van der Waals surface area contributed by atoms with Gasteiger partial charge in [-0.15, -0.1) is 0 Å². The van der Waals surface area contributed by atoms with Crippen molar-refractivity contribution in [1.82, 2.24) is 10.6 Å². The van der Waals surface area contributed by atoms with Gasteiger partial charge in [0, 0.05) is 26.3 Å². The van der Waals surface area contributed by atoms with E-state index >= 15 is 0 Å². The summed E-state index contributed by atoms with van der Waals surface area (Å²) in [7, 11) is 1.63. The van der Waals surface area contributed by atoms with Crippen LogP contribution >= 0.6 is 0 Å². The fourth-order valence-electron chi connectivity index (χ4n) is 1.62. The van der Waals surface area contributed by atoms with E-state index in [0.29, 0.717) is 13.2 Å². The Morgan fingerprint density at radius 3 is 2.68 bits per heavy atom. The highest BCUT2D eigenvalue weighted by molar-refractivity contribution is 5.77. The van der Waals surface area contributed by atoms with E-state index in [-0.39, 0.29) is 24.3 Å². The molecule has 0 bridgehead atoms. The Kier molecular flexibility index (Phi) is 7.07. The van der Waals surface area contributed by atoms with Crippen LogP contribution in [0, 0.1) is 5.82 Å². The molecule has 0 fully saturated rings. The Morgan fingerprint density at radius 1 is 1.37 bits per heavy atom. The zero-order valence-electron chi connectivity index (χ0n) is 11.4. The third kappa shape index (κ3) is 6.31. The molecule has 1 rings (SSSR count). The lowest BCUT2D eigenvalue weighted by atomic mass is 10.1. The molecule has 4 nitrogen and oxygen atoms in total. The smallest absolute Gasteiger partial charge is 0.233 e. The second-order valence-corrected chi connectivity index (χ2v) is 4.35. The van der Waals surface area contributed by atoms with Gasteiger partial charge in [0.05, 0.1) is 6.54 Å². The second-order valence-electron chi connectivity index (χ2n) is 4.35. The number of rotatable bonds is 8. The van der Waals surface area contributed by atoms with E-state index in [9.17, 15) is 9.18 Å². The van der Waals surface area contributed by atoms with Gasteiger partial charge in [-0.25, -0.2) is 4.39 Å². The SMILES string of the molecule is COCCCNC(=O)CN[C@H](C)c1ccc(F)cc1. The van der Waals surface area contributed by atoms with E-state index in [1.165, 1.54) is 12.1 Å². The first kappa shape index (κ1) is 15.6. The molecule has 0 aliphatic carbocycles. The fourth-order valence-corrected chi connectivity index (χ4v) is 1.62. The average molecular weight is 268 g/mol. The van der Waals surface area contributed by atoms with Crippen molar-refractivity contribution in [3.8, 4) is 0 Å². The number of hydrogen-bond donors (Lipinski definition) is 2. The first-order chi connectivity index (χ1) is 9.13. The van der Waals surface area contributed by atoms with Crippen molar-refractivity contribution in [1.29, 1.82) is 0 Å². The Morgan fingerprint density at radius 2 is 2.05 bits per heavy atom. The van der Waals surface area contributed by atoms with Gasteiger partial charge in [0.25, 0.3) is 0 Å². The number of halogens is 1. The highest BCUT2D eigenvalue weighted by Crippen LogP contribution is 2.12. The molecule has 0 spiro atoms. The van der Waals surface area contributed by atoms with E-state index in [4.69, 9.17) is 4.74 Å². The maximum Gasteiger partial charge on any atom is 0.233 e. The summed E-state index contributed by atoms with van der Waals surface area (Å²) in [5.41, 5.74) is 0.952. The van der Waals surface area contributed by atoms with Crippen LogP contribution < -0.4 is 10.6 Å². The predicted molar refractivity (Wildman–Crippen MR) is 72.3 cm³/mol. The van der Waals surface area contributed by atoms with E-state index in [2.05, 4.69) is 10.6 Å². The summed E-state index contributed by atoms with van der Waals surface area (Å²) < 4.78 is 17.7. The molecule has 0 saturated heterocycles. The van der Waals surface area contributed by atoms with Crippen LogP contribution in [0.3, 0.4) is 0 Å². The van der Waals surface area contributed by atoms with Gasteiger partial charge in [-0.2, -0.15) is 0 Å². The predicted octanol–water partition coefficient (Wildman–Crippen LogP) is 1.63. The molecule has 0 unspecified atom stereocenters. The molecular weight excluding hydrogens is 247 g/mol. The molecule has 0 heterocycles. The van der Waals surface area contributed by atoms with Gasteiger partial charge in [0.2, 0.25) is 5.91 Å². The molecule has 2 N–H and O–H groups in total. The molecule has 1 amide bonds. The normalized spacial score (nSPS) is 12.2. The molecule has 1 aromatic carbocycles. The van der Waals surface area contributed by atoms with Crippen molar-refractivity contribution in [2.75, 3.05) is 26.8 Å². The summed E-state index contributed by atoms with van der Waals surface area (Å²) in [6, 6.07) is 6.26. The standard InChI is InChI=1S/C14H21FN2O2/c1-11(12-4-6-13(15)7-5-12)17-10-14(18)16-8-3-9-19-2/h4-7,11,17H,3,8-10H2,1-2H3,(H,16,18)/t11-/m1/s1. The Labute approximate surface area is 113 Å². The lowest BCUT2D eigenvalue weighted by Crippen LogP contribution is -2.35. The third-order valence-corrected chi connectivity index (χ3v) is 2.79. The van der Waals surface area contributed by atoms with Gasteiger partial charge < -0.3 is 15.4 Å². The second kappa shape index (κ2) is 8.61. The molecular formula is C14H21FN2O2. The highest BCUT2D eigenvalue weighted by Gasteiger charge is 2.07. The van der Waals surface area contributed by atoms with Crippen LogP contribution in [-0.4, -0.2) is 32.7 Å². The van der Waals surface area contributed by atoms with Gasteiger partial charge >= 0.3 is 0 Å². The Bertz CT molecular complexity index is 382. The number of methoxy groups -OCH3 is 1. The number of ether oxygens (including phenoxy) is 1. The average Bonchev–Trinajstić information content (AvgIpc) is 2.42. The molecule has 1 atom stereocenters. The molecule has 0 aromatic heterocycles. The minimum Gasteiger partial charge on any atom is -0.385 e. The fraction of sp³-hybridized carbons (Fsp3) is 0.500. The maximum atomic E-state index is 12.8. The number of hydrogen-bond acceptors (Lipinski definition) is 3. The van der Waals surface area contributed by atoms with E-state index in [1.54, 1.807) is 19.2 Å². The lowest BCUT2D eigenvalue weighted by molar-refractivity contribution is -0.120. The lowest BCUT2D eigenvalue weighted by Gasteiger charge is -2.14. The van der Waals surface area contributed by atoms with Crippen LogP contribution in [0.2, 0.25) is 0 Å².